The molecule has 18 heavy (non-hydrogen) atoms. The SMILES string of the molecule is CC(=O)CC/C=C/c1ccc2c(c1)CC(=O)N2C. The van der Waals surface area contributed by atoms with Crippen molar-refractivity contribution in [2.24, 2.45) is 0 Å². The fraction of sp³-hybridized carbons (Fsp3) is 0.333. The number of Topliss-reactive ketones (excluding diaryl/α,β-unsaturated/α-hetero) is 1. The van der Waals surface area contributed by atoms with Gasteiger partial charge in [0.05, 0.1) is 6.42 Å². The van der Waals surface area contributed by atoms with E-state index in [4.69, 9.17) is 0 Å². The fourth-order valence-electron chi connectivity index (χ4n) is 2.10. The molecule has 1 aliphatic rings. The monoisotopic (exact) mass is 243 g/mol. The second-order valence-electron chi connectivity index (χ2n) is 4.66. The minimum atomic E-state index is 0.141. The van der Waals surface area contributed by atoms with Crippen molar-refractivity contribution in [3.8, 4) is 0 Å². The number of fused-ring (bicyclic) bond motifs is 1. The Morgan fingerprint density at radius 3 is 2.94 bits per heavy atom. The van der Waals surface area contributed by atoms with E-state index in [1.807, 2.05) is 30.4 Å². The molecule has 0 aromatic heterocycles. The Morgan fingerprint density at radius 1 is 1.44 bits per heavy atom. The average molecular weight is 243 g/mol. The molecule has 0 spiro atoms. The second-order valence-corrected chi connectivity index (χ2v) is 4.66. The maximum atomic E-state index is 11.5. The highest BCUT2D eigenvalue weighted by atomic mass is 16.2. The van der Waals surface area contributed by atoms with Gasteiger partial charge < -0.3 is 9.69 Å². The molecule has 1 aromatic rings. The first kappa shape index (κ1) is 12.6. The molecule has 3 nitrogen and oxygen atoms in total. The van der Waals surface area contributed by atoms with Crippen LogP contribution in [0.2, 0.25) is 0 Å². The number of allylic oxidation sites excluding steroid dienone is 1. The molecule has 0 N–H and O–H groups in total. The summed E-state index contributed by atoms with van der Waals surface area (Å²) < 4.78 is 0. The molecule has 2 rings (SSSR count). The number of likely N-dealkylation sites (N-methyl/N-ethyl adjacent to an activating group) is 1. The lowest BCUT2D eigenvalue weighted by atomic mass is 10.1. The highest BCUT2D eigenvalue weighted by Crippen LogP contribution is 2.28. The Hall–Kier alpha value is -1.90. The van der Waals surface area contributed by atoms with Gasteiger partial charge in [-0.15, -0.1) is 0 Å². The van der Waals surface area contributed by atoms with E-state index in [0.29, 0.717) is 12.8 Å². The van der Waals surface area contributed by atoms with Crippen LogP contribution in [0.5, 0.6) is 0 Å². The van der Waals surface area contributed by atoms with Crippen molar-refractivity contribution in [2.45, 2.75) is 26.2 Å². The number of rotatable bonds is 4. The van der Waals surface area contributed by atoms with Gasteiger partial charge in [0.1, 0.15) is 5.78 Å². The number of anilines is 1. The van der Waals surface area contributed by atoms with Gasteiger partial charge in [0, 0.05) is 19.2 Å². The smallest absolute Gasteiger partial charge is 0.231 e. The zero-order valence-corrected chi connectivity index (χ0v) is 10.8. The van der Waals surface area contributed by atoms with Gasteiger partial charge in [-0.2, -0.15) is 0 Å². The lowest BCUT2D eigenvalue weighted by Crippen LogP contribution is -2.20. The van der Waals surface area contributed by atoms with Crippen molar-refractivity contribution in [1.29, 1.82) is 0 Å². The van der Waals surface area contributed by atoms with Gasteiger partial charge in [0.25, 0.3) is 0 Å². The van der Waals surface area contributed by atoms with E-state index in [0.717, 1.165) is 23.2 Å². The number of amides is 1. The first-order valence-corrected chi connectivity index (χ1v) is 6.13. The van der Waals surface area contributed by atoms with Crippen LogP contribution in [0.3, 0.4) is 0 Å². The maximum absolute atomic E-state index is 11.5. The molecule has 3 heteroatoms. The van der Waals surface area contributed by atoms with Crippen molar-refractivity contribution in [2.75, 3.05) is 11.9 Å². The minimum absolute atomic E-state index is 0.141. The normalized spacial score (nSPS) is 14.3. The van der Waals surface area contributed by atoms with E-state index in [9.17, 15) is 9.59 Å². The summed E-state index contributed by atoms with van der Waals surface area (Å²) in [5.74, 6) is 0.350. The summed E-state index contributed by atoms with van der Waals surface area (Å²) in [6.45, 7) is 1.60. The van der Waals surface area contributed by atoms with Crippen LogP contribution in [0.4, 0.5) is 5.69 Å². The van der Waals surface area contributed by atoms with Crippen molar-refractivity contribution >= 4 is 23.5 Å². The van der Waals surface area contributed by atoms with Crippen LogP contribution in [0.1, 0.15) is 30.9 Å². The maximum Gasteiger partial charge on any atom is 0.231 e. The standard InChI is InChI=1S/C15H17NO2/c1-11(17)5-3-4-6-12-7-8-14-13(9-12)10-15(18)16(14)2/h4,6-9H,3,5,10H2,1-2H3/b6-4+. The van der Waals surface area contributed by atoms with Crippen LogP contribution in [0.25, 0.3) is 6.08 Å². The molecule has 1 heterocycles. The largest absolute Gasteiger partial charge is 0.315 e. The Kier molecular flexibility index (Phi) is 3.60. The van der Waals surface area contributed by atoms with Gasteiger partial charge in [0.2, 0.25) is 5.91 Å². The number of carbonyl (C=O) groups is 2. The zero-order valence-electron chi connectivity index (χ0n) is 10.8. The molecule has 0 saturated carbocycles. The van der Waals surface area contributed by atoms with Crippen LogP contribution < -0.4 is 4.90 Å². The first-order chi connectivity index (χ1) is 8.58. The summed E-state index contributed by atoms with van der Waals surface area (Å²) >= 11 is 0. The summed E-state index contributed by atoms with van der Waals surface area (Å²) in [5, 5.41) is 0. The number of hydrogen-bond donors (Lipinski definition) is 0. The van der Waals surface area contributed by atoms with E-state index in [1.54, 1.807) is 18.9 Å². The molecule has 0 atom stereocenters. The van der Waals surface area contributed by atoms with E-state index in [2.05, 4.69) is 0 Å². The number of benzene rings is 1. The summed E-state index contributed by atoms with van der Waals surface area (Å²) in [7, 11) is 1.80. The van der Waals surface area contributed by atoms with Crippen LogP contribution >= 0.6 is 0 Å². The van der Waals surface area contributed by atoms with Crippen molar-refractivity contribution in [3.05, 3.63) is 35.4 Å². The molecule has 1 aromatic carbocycles. The van der Waals surface area contributed by atoms with Crippen LogP contribution in [0.15, 0.2) is 24.3 Å². The second kappa shape index (κ2) is 5.17. The van der Waals surface area contributed by atoms with Gasteiger partial charge in [-0.05, 0) is 36.6 Å². The minimum Gasteiger partial charge on any atom is -0.315 e. The van der Waals surface area contributed by atoms with E-state index >= 15 is 0 Å². The summed E-state index contributed by atoms with van der Waals surface area (Å²) in [6, 6.07) is 6.02. The zero-order chi connectivity index (χ0) is 13.1. The number of carbonyl (C=O) groups excluding carboxylic acids is 2. The van der Waals surface area contributed by atoms with Crippen LogP contribution in [0, 0.1) is 0 Å². The van der Waals surface area contributed by atoms with Gasteiger partial charge in [-0.1, -0.05) is 18.2 Å². The topological polar surface area (TPSA) is 37.4 Å². The molecule has 1 amide bonds. The number of hydrogen-bond acceptors (Lipinski definition) is 2. The van der Waals surface area contributed by atoms with Crippen molar-refractivity contribution in [3.63, 3.8) is 0 Å². The molecule has 94 valence electrons. The third-order valence-electron chi connectivity index (χ3n) is 3.15. The first-order valence-electron chi connectivity index (χ1n) is 6.13. The predicted octanol–water partition coefficient (Wildman–Crippen LogP) is 2.59. The Balaban J connectivity index is 2.07. The van der Waals surface area contributed by atoms with E-state index in [1.165, 1.54) is 0 Å². The lowest BCUT2D eigenvalue weighted by molar-refractivity contribution is -0.117. The Bertz CT molecular complexity index is 517. The van der Waals surface area contributed by atoms with Crippen molar-refractivity contribution in [1.82, 2.24) is 0 Å². The molecule has 1 aliphatic heterocycles. The number of ketones is 1. The average Bonchev–Trinajstić information content (AvgIpc) is 2.60. The quantitative estimate of drug-likeness (QED) is 0.815. The van der Waals surface area contributed by atoms with Gasteiger partial charge in [0.15, 0.2) is 0 Å². The molecule has 0 saturated heterocycles. The molecule has 0 aliphatic carbocycles. The third kappa shape index (κ3) is 2.67. The third-order valence-corrected chi connectivity index (χ3v) is 3.15. The van der Waals surface area contributed by atoms with Gasteiger partial charge >= 0.3 is 0 Å². The predicted molar refractivity (Wildman–Crippen MR) is 72.5 cm³/mol. The molecule has 0 radical (unpaired) electrons. The van der Waals surface area contributed by atoms with Gasteiger partial charge in [-0.3, -0.25) is 4.79 Å². The Labute approximate surface area is 107 Å². The van der Waals surface area contributed by atoms with Crippen LogP contribution in [-0.4, -0.2) is 18.7 Å². The van der Waals surface area contributed by atoms with E-state index < -0.39 is 0 Å². The van der Waals surface area contributed by atoms with Gasteiger partial charge in [-0.25, -0.2) is 0 Å². The Morgan fingerprint density at radius 2 is 2.22 bits per heavy atom. The molecule has 0 unspecified atom stereocenters. The van der Waals surface area contributed by atoms with E-state index in [-0.39, 0.29) is 11.7 Å². The highest BCUT2D eigenvalue weighted by molar-refractivity contribution is 6.01. The molecular formula is C15H17NO2. The highest BCUT2D eigenvalue weighted by Gasteiger charge is 2.23. The molecule has 0 fully saturated rings. The summed E-state index contributed by atoms with van der Waals surface area (Å²) in [4.78, 5) is 24.0. The summed E-state index contributed by atoms with van der Waals surface area (Å²) in [6.07, 6.45) is 5.85. The summed E-state index contributed by atoms with van der Waals surface area (Å²) in [5.41, 5.74) is 3.16. The molecule has 0 bridgehead atoms. The molecular weight excluding hydrogens is 226 g/mol. The van der Waals surface area contributed by atoms with Crippen LogP contribution in [-0.2, 0) is 16.0 Å². The van der Waals surface area contributed by atoms with Crippen molar-refractivity contribution < 1.29 is 9.59 Å². The lowest BCUT2D eigenvalue weighted by Gasteiger charge is -2.09. The fourth-order valence-corrected chi connectivity index (χ4v) is 2.10. The number of nitrogens with zero attached hydrogens (tertiary/aromatic N) is 1.